The van der Waals surface area contributed by atoms with Crippen LogP contribution < -0.4 is 0 Å². The summed E-state index contributed by atoms with van der Waals surface area (Å²) in [5.41, 5.74) is 1.59. The Hall–Kier alpha value is -3.09. The molecule has 0 saturated heterocycles. The highest BCUT2D eigenvalue weighted by Crippen LogP contribution is 2.20. The number of aromatic nitrogens is 2. The molecular weight excluding hydrogens is 310 g/mol. The molecule has 0 aliphatic carbocycles. The van der Waals surface area contributed by atoms with Gasteiger partial charge >= 0.3 is 5.97 Å². The summed E-state index contributed by atoms with van der Waals surface area (Å²) in [4.78, 5) is 25.8. The molecule has 0 unspecified atom stereocenters. The van der Waals surface area contributed by atoms with Crippen molar-refractivity contribution in [1.82, 2.24) is 15.1 Å². The fourth-order valence-electron chi connectivity index (χ4n) is 2.59. The molecule has 0 atom stereocenters. The number of para-hydroxylation sites is 1. The first-order valence-electron chi connectivity index (χ1n) is 7.36. The molecular formula is C17H17N3O4. The van der Waals surface area contributed by atoms with E-state index in [9.17, 15) is 9.59 Å². The highest BCUT2D eigenvalue weighted by Gasteiger charge is 2.20. The Morgan fingerprint density at radius 2 is 2.12 bits per heavy atom. The van der Waals surface area contributed by atoms with Crippen LogP contribution in [0.15, 0.2) is 34.9 Å². The number of methoxy groups -OCH3 is 1. The fourth-order valence-corrected chi connectivity index (χ4v) is 2.59. The van der Waals surface area contributed by atoms with Crippen LogP contribution in [0.5, 0.6) is 0 Å². The summed E-state index contributed by atoms with van der Waals surface area (Å²) < 4.78 is 10.3. The predicted octanol–water partition coefficient (Wildman–Crippen LogP) is 2.52. The molecule has 1 aromatic carbocycles. The van der Waals surface area contributed by atoms with Crippen LogP contribution in [0.1, 0.15) is 32.2 Å². The van der Waals surface area contributed by atoms with E-state index in [1.807, 2.05) is 12.1 Å². The maximum absolute atomic E-state index is 12.7. The summed E-state index contributed by atoms with van der Waals surface area (Å²) in [5.74, 6) is 0.353. The molecule has 0 radical (unpaired) electrons. The third-order valence-electron chi connectivity index (χ3n) is 3.82. The fraction of sp³-hybridized carbons (Fsp3) is 0.235. The van der Waals surface area contributed by atoms with Gasteiger partial charge in [-0.15, -0.1) is 0 Å². The molecule has 0 aliphatic heterocycles. The first kappa shape index (κ1) is 15.8. The zero-order valence-corrected chi connectivity index (χ0v) is 13.6. The Morgan fingerprint density at radius 3 is 2.88 bits per heavy atom. The van der Waals surface area contributed by atoms with Crippen molar-refractivity contribution in [3.05, 3.63) is 53.1 Å². The number of benzene rings is 1. The number of hydrogen-bond acceptors (Lipinski definition) is 5. The van der Waals surface area contributed by atoms with Crippen LogP contribution in [0.2, 0.25) is 0 Å². The van der Waals surface area contributed by atoms with Gasteiger partial charge in [-0.3, -0.25) is 9.89 Å². The van der Waals surface area contributed by atoms with Crippen LogP contribution in [0, 0.1) is 6.92 Å². The zero-order chi connectivity index (χ0) is 17.3. The van der Waals surface area contributed by atoms with Crippen molar-refractivity contribution >= 4 is 22.8 Å². The van der Waals surface area contributed by atoms with Crippen LogP contribution in [0.4, 0.5) is 0 Å². The summed E-state index contributed by atoms with van der Waals surface area (Å²) >= 11 is 0. The molecule has 3 aromatic rings. The van der Waals surface area contributed by atoms with E-state index in [0.29, 0.717) is 28.2 Å². The molecule has 0 fully saturated rings. The number of rotatable bonds is 4. The van der Waals surface area contributed by atoms with Crippen molar-refractivity contribution in [2.24, 2.45) is 0 Å². The lowest BCUT2D eigenvalue weighted by Gasteiger charge is -2.16. The predicted molar refractivity (Wildman–Crippen MR) is 86.7 cm³/mol. The van der Waals surface area contributed by atoms with Gasteiger partial charge in [0.05, 0.1) is 30.9 Å². The van der Waals surface area contributed by atoms with Crippen molar-refractivity contribution < 1.29 is 18.7 Å². The number of fused-ring (bicyclic) bond motifs is 1. The number of aryl methyl sites for hydroxylation is 1. The number of H-pyrrole nitrogens is 1. The Labute approximate surface area is 138 Å². The number of ether oxygens (including phenoxy) is 1. The van der Waals surface area contributed by atoms with E-state index in [1.165, 1.54) is 12.0 Å². The Balaban J connectivity index is 1.82. The molecule has 1 amide bonds. The first-order chi connectivity index (χ1) is 11.5. The van der Waals surface area contributed by atoms with Crippen LogP contribution in [-0.2, 0) is 11.3 Å². The lowest BCUT2D eigenvalue weighted by Crippen LogP contribution is -2.26. The number of amides is 1. The van der Waals surface area contributed by atoms with Crippen LogP contribution in [0.25, 0.3) is 10.9 Å². The minimum absolute atomic E-state index is 0.168. The van der Waals surface area contributed by atoms with E-state index in [0.717, 1.165) is 5.39 Å². The Bertz CT molecular complexity index is 910. The maximum Gasteiger partial charge on any atom is 0.341 e. The van der Waals surface area contributed by atoms with Crippen molar-refractivity contribution in [3.8, 4) is 0 Å². The van der Waals surface area contributed by atoms with Crippen LogP contribution in [0.3, 0.4) is 0 Å². The van der Waals surface area contributed by atoms with Crippen molar-refractivity contribution in [3.63, 3.8) is 0 Å². The number of aromatic amines is 1. The molecule has 3 rings (SSSR count). The zero-order valence-electron chi connectivity index (χ0n) is 13.6. The standard InChI is InChI=1S/C17H17N3O4/c1-10-14(17(22)23-3)7-12(24-10)9-20(2)16(21)13-6-4-5-11-8-18-19-15(11)13/h4-8H,9H2,1-3H3,(H,18,19). The third-order valence-corrected chi connectivity index (χ3v) is 3.82. The Morgan fingerprint density at radius 1 is 1.33 bits per heavy atom. The smallest absolute Gasteiger partial charge is 0.341 e. The molecule has 7 heteroatoms. The van der Waals surface area contributed by atoms with Gasteiger partial charge in [-0.05, 0) is 19.1 Å². The van der Waals surface area contributed by atoms with E-state index in [4.69, 9.17) is 9.15 Å². The lowest BCUT2D eigenvalue weighted by atomic mass is 10.1. The highest BCUT2D eigenvalue weighted by molar-refractivity contribution is 6.05. The molecule has 24 heavy (non-hydrogen) atoms. The minimum Gasteiger partial charge on any atom is -0.465 e. The quantitative estimate of drug-likeness (QED) is 0.744. The maximum atomic E-state index is 12.7. The highest BCUT2D eigenvalue weighted by atomic mass is 16.5. The number of nitrogens with zero attached hydrogens (tertiary/aromatic N) is 2. The van der Waals surface area contributed by atoms with Crippen molar-refractivity contribution in [1.29, 1.82) is 0 Å². The van der Waals surface area contributed by atoms with Gasteiger partial charge in [0, 0.05) is 12.4 Å². The van der Waals surface area contributed by atoms with Crippen molar-refractivity contribution in [2.75, 3.05) is 14.2 Å². The van der Waals surface area contributed by atoms with Crippen LogP contribution in [-0.4, -0.2) is 41.1 Å². The van der Waals surface area contributed by atoms with Gasteiger partial charge in [0.1, 0.15) is 17.1 Å². The molecule has 124 valence electrons. The Kier molecular flexibility index (Phi) is 4.07. The number of furan rings is 1. The second kappa shape index (κ2) is 6.19. The third kappa shape index (κ3) is 2.76. The second-order valence-electron chi connectivity index (χ2n) is 5.48. The monoisotopic (exact) mass is 327 g/mol. The average molecular weight is 327 g/mol. The summed E-state index contributed by atoms with van der Waals surface area (Å²) in [6.07, 6.45) is 1.67. The molecule has 7 nitrogen and oxygen atoms in total. The number of carbonyl (C=O) groups excluding carboxylic acids is 2. The second-order valence-corrected chi connectivity index (χ2v) is 5.48. The van der Waals surface area contributed by atoms with E-state index in [-0.39, 0.29) is 12.5 Å². The summed E-state index contributed by atoms with van der Waals surface area (Å²) in [5, 5.41) is 7.68. The van der Waals surface area contributed by atoms with Gasteiger partial charge in [-0.2, -0.15) is 5.10 Å². The van der Waals surface area contributed by atoms with E-state index >= 15 is 0 Å². The molecule has 0 saturated carbocycles. The molecule has 2 aromatic heterocycles. The molecule has 2 heterocycles. The average Bonchev–Trinajstić information content (AvgIpc) is 3.19. The van der Waals surface area contributed by atoms with Gasteiger partial charge in [-0.1, -0.05) is 12.1 Å². The summed E-state index contributed by atoms with van der Waals surface area (Å²) in [7, 11) is 2.99. The summed E-state index contributed by atoms with van der Waals surface area (Å²) in [6.45, 7) is 1.92. The molecule has 1 N–H and O–H groups in total. The first-order valence-corrected chi connectivity index (χ1v) is 7.36. The SMILES string of the molecule is COC(=O)c1cc(CN(C)C(=O)c2cccc3cn[nH]c23)oc1C. The van der Waals surface area contributed by atoms with Gasteiger partial charge in [0.2, 0.25) is 0 Å². The number of carbonyl (C=O) groups is 2. The van der Waals surface area contributed by atoms with Gasteiger partial charge < -0.3 is 14.1 Å². The van der Waals surface area contributed by atoms with E-state index < -0.39 is 5.97 Å². The van der Waals surface area contributed by atoms with Gasteiger partial charge in [0.25, 0.3) is 5.91 Å². The van der Waals surface area contributed by atoms with Gasteiger partial charge in [0.15, 0.2) is 0 Å². The lowest BCUT2D eigenvalue weighted by molar-refractivity contribution is 0.0598. The number of esters is 1. The molecule has 0 aliphatic rings. The number of hydrogen-bond donors (Lipinski definition) is 1. The van der Waals surface area contributed by atoms with E-state index in [1.54, 1.807) is 32.3 Å². The number of nitrogens with one attached hydrogen (secondary N) is 1. The van der Waals surface area contributed by atoms with Gasteiger partial charge in [-0.25, -0.2) is 4.79 Å². The topological polar surface area (TPSA) is 88.4 Å². The molecule has 0 bridgehead atoms. The van der Waals surface area contributed by atoms with Crippen LogP contribution >= 0.6 is 0 Å². The normalized spacial score (nSPS) is 10.8. The summed E-state index contributed by atoms with van der Waals surface area (Å²) in [6, 6.07) is 7.04. The molecule has 0 spiro atoms. The minimum atomic E-state index is -0.460. The largest absolute Gasteiger partial charge is 0.465 e. The van der Waals surface area contributed by atoms with Crippen molar-refractivity contribution in [2.45, 2.75) is 13.5 Å². The van der Waals surface area contributed by atoms with E-state index in [2.05, 4.69) is 10.2 Å².